The van der Waals surface area contributed by atoms with E-state index in [-0.39, 0.29) is 9.92 Å². The normalized spacial score (nSPS) is 13.3. The van der Waals surface area contributed by atoms with Gasteiger partial charge in [-0.25, -0.2) is 17.9 Å². The van der Waals surface area contributed by atoms with Crippen LogP contribution in [0.15, 0.2) is 23.1 Å². The van der Waals surface area contributed by atoms with Gasteiger partial charge in [0, 0.05) is 6.54 Å². The van der Waals surface area contributed by atoms with Crippen molar-refractivity contribution in [1.82, 2.24) is 4.72 Å². The predicted octanol–water partition coefficient (Wildman–Crippen LogP) is 0.372. The molecule has 3 N–H and O–H groups in total. The van der Waals surface area contributed by atoms with Crippen LogP contribution in [0.3, 0.4) is 0 Å². The Bertz CT molecular complexity index is 557. The Balaban J connectivity index is 2.90. The second-order valence-electron chi connectivity index (χ2n) is 3.64. The van der Waals surface area contributed by atoms with Crippen molar-refractivity contribution in [2.45, 2.75) is 17.9 Å². The molecule has 8 heteroatoms. The molecule has 100 valence electrons. The largest absolute Gasteiger partial charge is 0.479 e. The van der Waals surface area contributed by atoms with Crippen molar-refractivity contribution in [2.75, 3.05) is 6.54 Å². The van der Waals surface area contributed by atoms with Crippen LogP contribution in [-0.4, -0.2) is 37.2 Å². The van der Waals surface area contributed by atoms with Gasteiger partial charge in [-0.05, 0) is 24.6 Å². The molecule has 0 aliphatic rings. The maximum Gasteiger partial charge on any atom is 0.333 e. The smallest absolute Gasteiger partial charge is 0.333 e. The number of carboxylic acids is 1. The molecule has 0 radical (unpaired) electrons. The van der Waals surface area contributed by atoms with Crippen molar-refractivity contribution in [3.8, 4) is 0 Å². The summed E-state index contributed by atoms with van der Waals surface area (Å²) in [6.07, 6.45) is -1.80. The summed E-state index contributed by atoms with van der Waals surface area (Å²) in [4.78, 5) is 10.2. The monoisotopic (exact) mass is 293 g/mol. The number of carbonyl (C=O) groups is 1. The second kappa shape index (κ2) is 5.66. The van der Waals surface area contributed by atoms with E-state index in [1.165, 1.54) is 12.1 Å². The minimum Gasteiger partial charge on any atom is -0.479 e. The fraction of sp³-hybridized carbons (Fsp3) is 0.300. The molecule has 0 unspecified atom stereocenters. The van der Waals surface area contributed by atoms with Crippen LogP contribution in [0.5, 0.6) is 0 Å². The van der Waals surface area contributed by atoms with Crippen LogP contribution in [0.25, 0.3) is 0 Å². The number of nitrogens with one attached hydrogen (secondary N) is 1. The highest BCUT2D eigenvalue weighted by Gasteiger charge is 2.21. The lowest BCUT2D eigenvalue weighted by molar-refractivity contribution is -0.146. The van der Waals surface area contributed by atoms with Crippen molar-refractivity contribution in [3.05, 3.63) is 28.8 Å². The summed E-state index contributed by atoms with van der Waals surface area (Å²) in [6.45, 7) is 1.13. The number of halogens is 1. The van der Waals surface area contributed by atoms with Crippen LogP contribution in [0, 0.1) is 6.92 Å². The lowest BCUT2D eigenvalue weighted by atomic mass is 10.2. The van der Waals surface area contributed by atoms with E-state index in [0.29, 0.717) is 0 Å². The van der Waals surface area contributed by atoms with Crippen LogP contribution in [0.2, 0.25) is 5.02 Å². The van der Waals surface area contributed by atoms with E-state index in [2.05, 4.69) is 0 Å². The first-order valence-electron chi connectivity index (χ1n) is 4.91. The predicted molar refractivity (Wildman–Crippen MR) is 65.0 cm³/mol. The number of aryl methyl sites for hydroxylation is 1. The zero-order chi connectivity index (χ0) is 13.9. The Hall–Kier alpha value is -1.15. The van der Waals surface area contributed by atoms with Crippen molar-refractivity contribution >= 4 is 27.6 Å². The molecule has 18 heavy (non-hydrogen) atoms. The van der Waals surface area contributed by atoms with E-state index < -0.39 is 28.6 Å². The van der Waals surface area contributed by atoms with E-state index in [1.54, 1.807) is 13.0 Å². The van der Waals surface area contributed by atoms with Crippen molar-refractivity contribution in [3.63, 3.8) is 0 Å². The molecule has 0 heterocycles. The second-order valence-corrected chi connectivity index (χ2v) is 5.78. The summed E-state index contributed by atoms with van der Waals surface area (Å²) in [7, 11) is -3.94. The van der Waals surface area contributed by atoms with E-state index >= 15 is 0 Å². The van der Waals surface area contributed by atoms with Crippen molar-refractivity contribution < 1.29 is 23.4 Å². The fourth-order valence-electron chi connectivity index (χ4n) is 1.18. The first-order chi connectivity index (χ1) is 8.24. The van der Waals surface area contributed by atoms with Crippen LogP contribution in [-0.2, 0) is 14.8 Å². The van der Waals surface area contributed by atoms with Crippen molar-refractivity contribution in [2.24, 2.45) is 0 Å². The standard InChI is InChI=1S/C10H12ClNO5S/c1-6-2-3-9(7(11)4-6)18(16,17)12-5-8(13)10(14)15/h2-4,8,12-13H,5H2,1H3,(H,14,15)/t8-/m0/s1. The molecule has 0 fully saturated rings. The highest BCUT2D eigenvalue weighted by atomic mass is 35.5. The molecule has 0 bridgehead atoms. The SMILES string of the molecule is Cc1ccc(S(=O)(=O)NC[C@H](O)C(=O)O)c(Cl)c1. The maximum atomic E-state index is 11.8. The minimum atomic E-state index is -3.94. The minimum absolute atomic E-state index is 0.0346. The van der Waals surface area contributed by atoms with Crippen molar-refractivity contribution in [1.29, 1.82) is 0 Å². The summed E-state index contributed by atoms with van der Waals surface area (Å²) >= 11 is 5.79. The Labute approximate surface area is 109 Å². The summed E-state index contributed by atoms with van der Waals surface area (Å²) in [5.41, 5.74) is 0.796. The summed E-state index contributed by atoms with van der Waals surface area (Å²) in [5, 5.41) is 17.5. The molecular formula is C10H12ClNO5S. The molecule has 0 spiro atoms. The van der Waals surface area contributed by atoms with Gasteiger partial charge in [0.05, 0.1) is 5.02 Å². The third-order valence-electron chi connectivity index (χ3n) is 2.13. The number of rotatable bonds is 5. The van der Waals surface area contributed by atoms with E-state index in [0.717, 1.165) is 5.56 Å². The highest BCUT2D eigenvalue weighted by molar-refractivity contribution is 7.89. The number of hydrogen-bond acceptors (Lipinski definition) is 4. The van der Waals surface area contributed by atoms with E-state index in [9.17, 15) is 13.2 Å². The molecule has 0 aliphatic carbocycles. The molecule has 6 nitrogen and oxygen atoms in total. The zero-order valence-electron chi connectivity index (χ0n) is 9.42. The number of aliphatic hydroxyl groups is 1. The third-order valence-corrected chi connectivity index (χ3v) is 4.04. The Morgan fingerprint density at radius 3 is 2.61 bits per heavy atom. The number of benzene rings is 1. The van der Waals surface area contributed by atoms with E-state index in [4.69, 9.17) is 21.8 Å². The number of carboxylic acid groups (broad SMARTS) is 1. The summed E-state index contributed by atoms with van der Waals surface area (Å²) in [6, 6.07) is 4.35. The molecule has 0 amide bonds. The summed E-state index contributed by atoms with van der Waals surface area (Å²) < 4.78 is 25.6. The maximum absolute atomic E-state index is 11.8. The van der Waals surface area contributed by atoms with Gasteiger partial charge < -0.3 is 10.2 Å². The topological polar surface area (TPSA) is 104 Å². The van der Waals surface area contributed by atoms with Gasteiger partial charge >= 0.3 is 5.97 Å². The molecule has 0 saturated heterocycles. The number of hydrogen-bond donors (Lipinski definition) is 3. The molecule has 0 aromatic heterocycles. The zero-order valence-corrected chi connectivity index (χ0v) is 11.0. The van der Waals surface area contributed by atoms with Gasteiger partial charge in [0.25, 0.3) is 0 Å². The van der Waals surface area contributed by atoms with Crippen LogP contribution >= 0.6 is 11.6 Å². The van der Waals surface area contributed by atoms with Gasteiger partial charge in [0.1, 0.15) is 4.90 Å². The third kappa shape index (κ3) is 3.67. The van der Waals surface area contributed by atoms with Crippen LogP contribution in [0.4, 0.5) is 0 Å². The van der Waals surface area contributed by atoms with Gasteiger partial charge in [0.2, 0.25) is 10.0 Å². The van der Waals surface area contributed by atoms with Gasteiger partial charge in [-0.15, -0.1) is 0 Å². The number of sulfonamides is 1. The van der Waals surface area contributed by atoms with Gasteiger partial charge in [-0.3, -0.25) is 0 Å². The lowest BCUT2D eigenvalue weighted by Gasteiger charge is -2.10. The first kappa shape index (κ1) is 14.9. The quantitative estimate of drug-likeness (QED) is 0.728. The number of aliphatic hydroxyl groups excluding tert-OH is 1. The highest BCUT2D eigenvalue weighted by Crippen LogP contribution is 2.22. The van der Waals surface area contributed by atoms with Crippen LogP contribution < -0.4 is 4.72 Å². The molecular weight excluding hydrogens is 282 g/mol. The molecule has 1 aromatic carbocycles. The summed E-state index contributed by atoms with van der Waals surface area (Å²) in [5.74, 6) is -1.51. The molecule has 1 atom stereocenters. The Morgan fingerprint density at radius 2 is 2.11 bits per heavy atom. The van der Waals surface area contributed by atoms with Gasteiger partial charge in [-0.1, -0.05) is 17.7 Å². The molecule has 0 aliphatic heterocycles. The van der Waals surface area contributed by atoms with Crippen LogP contribution in [0.1, 0.15) is 5.56 Å². The molecule has 0 saturated carbocycles. The Kier molecular flexibility index (Phi) is 4.69. The van der Waals surface area contributed by atoms with E-state index in [1.807, 2.05) is 4.72 Å². The molecule has 1 rings (SSSR count). The average molecular weight is 294 g/mol. The molecule has 1 aromatic rings. The van der Waals surface area contributed by atoms with Gasteiger partial charge in [0.15, 0.2) is 6.10 Å². The first-order valence-corrected chi connectivity index (χ1v) is 6.77. The van der Waals surface area contributed by atoms with Gasteiger partial charge in [-0.2, -0.15) is 0 Å². The number of aliphatic carboxylic acids is 1. The average Bonchev–Trinajstić information content (AvgIpc) is 2.25. The Morgan fingerprint density at radius 1 is 1.50 bits per heavy atom. The fourth-order valence-corrected chi connectivity index (χ4v) is 2.81. The lowest BCUT2D eigenvalue weighted by Crippen LogP contribution is -2.36.